The van der Waals surface area contributed by atoms with E-state index in [0.29, 0.717) is 0 Å². The molecule has 1 aliphatic heterocycles. The van der Waals surface area contributed by atoms with Crippen molar-refractivity contribution in [3.05, 3.63) is 186 Å². The average Bonchev–Trinajstić information content (AvgIpc) is 3.41. The lowest BCUT2D eigenvalue weighted by molar-refractivity contribution is 0.632. The van der Waals surface area contributed by atoms with E-state index in [1.54, 1.807) is 0 Å². The second-order valence-corrected chi connectivity index (χ2v) is 15.3. The summed E-state index contributed by atoms with van der Waals surface area (Å²) in [6.45, 7) is 9.48. The molecule has 2 aliphatic rings. The summed E-state index contributed by atoms with van der Waals surface area (Å²) in [5.41, 5.74) is 16.7. The van der Waals surface area contributed by atoms with E-state index in [-0.39, 0.29) is 10.8 Å². The van der Waals surface area contributed by atoms with Crippen LogP contribution < -0.4 is 4.90 Å². The lowest BCUT2D eigenvalue weighted by Gasteiger charge is -2.42. The monoisotopic (exact) mass is 653 g/mol. The lowest BCUT2D eigenvalue weighted by Crippen LogP contribution is -2.30. The van der Waals surface area contributed by atoms with Crippen LogP contribution in [0.4, 0.5) is 17.1 Å². The van der Waals surface area contributed by atoms with Gasteiger partial charge in [-0.3, -0.25) is 0 Å². The molecule has 0 radical (unpaired) electrons. The Bertz CT molecular complexity index is 2650. The Morgan fingerprint density at radius 1 is 0.353 bits per heavy atom. The molecule has 0 spiro atoms. The number of benzene rings is 8. The second-order valence-electron chi connectivity index (χ2n) is 15.3. The van der Waals surface area contributed by atoms with E-state index in [2.05, 4.69) is 196 Å². The predicted molar refractivity (Wildman–Crippen MR) is 217 cm³/mol. The zero-order valence-electron chi connectivity index (χ0n) is 29.5. The van der Waals surface area contributed by atoms with Gasteiger partial charge in [-0.1, -0.05) is 173 Å². The summed E-state index contributed by atoms with van der Waals surface area (Å²) in [6.07, 6.45) is 0. The van der Waals surface area contributed by atoms with E-state index >= 15 is 0 Å². The molecule has 1 heterocycles. The van der Waals surface area contributed by atoms with Crippen molar-refractivity contribution in [1.29, 1.82) is 0 Å². The van der Waals surface area contributed by atoms with Crippen molar-refractivity contribution >= 4 is 38.6 Å². The molecule has 0 bridgehead atoms. The summed E-state index contributed by atoms with van der Waals surface area (Å²) < 4.78 is 0. The van der Waals surface area contributed by atoms with Gasteiger partial charge in [0.05, 0.1) is 17.1 Å². The van der Waals surface area contributed by atoms with Crippen molar-refractivity contribution in [2.24, 2.45) is 0 Å². The van der Waals surface area contributed by atoms with Crippen molar-refractivity contribution in [2.45, 2.75) is 38.5 Å². The number of nitrogens with zero attached hydrogens (tertiary/aromatic N) is 1. The molecule has 0 amide bonds. The van der Waals surface area contributed by atoms with Gasteiger partial charge in [0.2, 0.25) is 0 Å². The maximum absolute atomic E-state index is 2.56. The summed E-state index contributed by atoms with van der Waals surface area (Å²) in [5.74, 6) is 0. The van der Waals surface area contributed by atoms with Crippen molar-refractivity contribution < 1.29 is 0 Å². The van der Waals surface area contributed by atoms with Gasteiger partial charge in [0.1, 0.15) is 0 Å². The number of anilines is 3. The van der Waals surface area contributed by atoms with E-state index < -0.39 is 0 Å². The first-order valence-electron chi connectivity index (χ1n) is 18.1. The van der Waals surface area contributed by atoms with Crippen LogP contribution in [0.3, 0.4) is 0 Å². The highest BCUT2D eigenvalue weighted by Crippen LogP contribution is 2.58. The molecule has 0 N–H and O–H groups in total. The number of hydrogen-bond donors (Lipinski definition) is 0. The van der Waals surface area contributed by atoms with Crippen LogP contribution in [0, 0.1) is 0 Å². The number of rotatable bonds is 3. The molecule has 10 rings (SSSR count). The van der Waals surface area contributed by atoms with Crippen molar-refractivity contribution in [1.82, 2.24) is 0 Å². The summed E-state index contributed by atoms with van der Waals surface area (Å²) >= 11 is 0. The Labute approximate surface area is 300 Å². The highest BCUT2D eigenvalue weighted by atomic mass is 15.2. The van der Waals surface area contributed by atoms with Crippen LogP contribution in [0.5, 0.6) is 0 Å². The second kappa shape index (κ2) is 10.8. The summed E-state index contributed by atoms with van der Waals surface area (Å²) in [4.78, 5) is 2.56. The molecule has 8 aromatic carbocycles. The summed E-state index contributed by atoms with van der Waals surface area (Å²) in [6, 6.07) is 61.1. The standard InChI is InChI=1S/C50H39N/c1-49(2)40-23-11-10-21-37(40)47-38(22-16-26-43(47)49)46-34-19-8-9-20-35(34)48(36-30-29-33(31-39(36)46)32-17-6-5-7-18-32)51-44-27-14-12-24-41(44)50(3,4)42-25-13-15-28-45(42)51/h5-31H,1-4H3. The number of para-hydroxylation sites is 2. The maximum Gasteiger partial charge on any atom is 0.0619 e. The Morgan fingerprint density at radius 3 is 1.61 bits per heavy atom. The van der Waals surface area contributed by atoms with Gasteiger partial charge >= 0.3 is 0 Å². The Kier molecular flexibility index (Phi) is 6.34. The molecule has 0 unspecified atom stereocenters. The molecule has 1 aliphatic carbocycles. The predicted octanol–water partition coefficient (Wildman–Crippen LogP) is 13.7. The van der Waals surface area contributed by atoms with Gasteiger partial charge in [-0.2, -0.15) is 0 Å². The minimum atomic E-state index is -0.138. The molecule has 0 atom stereocenters. The third-order valence-electron chi connectivity index (χ3n) is 11.8. The largest absolute Gasteiger partial charge is 0.309 e. The maximum atomic E-state index is 2.56. The zero-order chi connectivity index (χ0) is 34.5. The van der Waals surface area contributed by atoms with Gasteiger partial charge in [0.25, 0.3) is 0 Å². The van der Waals surface area contributed by atoms with Crippen LogP contribution in [0.25, 0.3) is 54.9 Å². The smallest absolute Gasteiger partial charge is 0.0619 e. The van der Waals surface area contributed by atoms with Crippen LogP contribution >= 0.6 is 0 Å². The van der Waals surface area contributed by atoms with E-state index in [1.807, 2.05) is 0 Å². The molecular weight excluding hydrogens is 615 g/mol. The first kappa shape index (κ1) is 29.9. The minimum absolute atomic E-state index is 0.0866. The third-order valence-corrected chi connectivity index (χ3v) is 11.8. The van der Waals surface area contributed by atoms with Crippen LogP contribution in [-0.4, -0.2) is 0 Å². The Hall–Kier alpha value is -5.92. The number of hydrogen-bond acceptors (Lipinski definition) is 1. The molecule has 244 valence electrons. The molecule has 1 nitrogen and oxygen atoms in total. The highest BCUT2D eigenvalue weighted by molar-refractivity contribution is 6.24. The lowest BCUT2D eigenvalue weighted by atomic mass is 9.73. The first-order chi connectivity index (χ1) is 24.9. The van der Waals surface area contributed by atoms with Crippen LogP contribution in [-0.2, 0) is 10.8 Å². The average molecular weight is 654 g/mol. The SMILES string of the molecule is CC1(C)c2ccccc2N(c2c3ccccc3c(-c3cccc4c3-c3ccccc3C4(C)C)c3cc(-c4ccccc4)ccc23)c2ccccc21. The van der Waals surface area contributed by atoms with Gasteiger partial charge in [0, 0.05) is 21.6 Å². The molecular formula is C50H39N. The number of fused-ring (bicyclic) bond motifs is 7. The zero-order valence-corrected chi connectivity index (χ0v) is 29.5. The first-order valence-corrected chi connectivity index (χ1v) is 18.1. The summed E-state index contributed by atoms with van der Waals surface area (Å²) in [5, 5.41) is 5.02. The fourth-order valence-electron chi connectivity index (χ4n) is 9.37. The fraction of sp³-hybridized carbons (Fsp3) is 0.120. The minimum Gasteiger partial charge on any atom is -0.309 e. The van der Waals surface area contributed by atoms with Gasteiger partial charge < -0.3 is 4.90 Å². The van der Waals surface area contributed by atoms with Crippen LogP contribution in [0.1, 0.15) is 49.9 Å². The Morgan fingerprint density at radius 2 is 0.882 bits per heavy atom. The van der Waals surface area contributed by atoms with Crippen molar-refractivity contribution in [2.75, 3.05) is 4.90 Å². The fourth-order valence-corrected chi connectivity index (χ4v) is 9.37. The van der Waals surface area contributed by atoms with Gasteiger partial charge in [-0.05, 0) is 84.6 Å². The van der Waals surface area contributed by atoms with Crippen LogP contribution in [0.15, 0.2) is 164 Å². The summed E-state index contributed by atoms with van der Waals surface area (Å²) in [7, 11) is 0. The highest BCUT2D eigenvalue weighted by Gasteiger charge is 2.39. The van der Waals surface area contributed by atoms with Crippen molar-refractivity contribution in [3.8, 4) is 33.4 Å². The van der Waals surface area contributed by atoms with E-state index in [4.69, 9.17) is 0 Å². The quantitative estimate of drug-likeness (QED) is 0.172. The molecule has 0 fully saturated rings. The van der Waals surface area contributed by atoms with Crippen LogP contribution in [0.2, 0.25) is 0 Å². The van der Waals surface area contributed by atoms with Gasteiger partial charge in [-0.15, -0.1) is 0 Å². The van der Waals surface area contributed by atoms with Gasteiger partial charge in [-0.25, -0.2) is 0 Å². The molecule has 0 saturated carbocycles. The molecule has 8 aromatic rings. The Balaban J connectivity index is 1.38. The van der Waals surface area contributed by atoms with E-state index in [9.17, 15) is 0 Å². The molecule has 0 saturated heterocycles. The normalized spacial score (nSPS) is 14.9. The van der Waals surface area contributed by atoms with E-state index in [0.717, 1.165) is 0 Å². The van der Waals surface area contributed by atoms with E-state index in [1.165, 1.54) is 94.2 Å². The van der Waals surface area contributed by atoms with Crippen molar-refractivity contribution in [3.63, 3.8) is 0 Å². The topological polar surface area (TPSA) is 3.24 Å². The third kappa shape index (κ3) is 4.15. The molecule has 1 heteroatoms. The van der Waals surface area contributed by atoms with Gasteiger partial charge in [0.15, 0.2) is 0 Å². The molecule has 51 heavy (non-hydrogen) atoms. The molecule has 0 aromatic heterocycles.